The van der Waals surface area contributed by atoms with Crippen molar-refractivity contribution in [1.29, 1.82) is 0 Å². The van der Waals surface area contributed by atoms with Crippen molar-refractivity contribution in [2.24, 2.45) is 7.05 Å². The van der Waals surface area contributed by atoms with Crippen molar-refractivity contribution in [3.05, 3.63) is 41.0 Å². The molecule has 0 amide bonds. The summed E-state index contributed by atoms with van der Waals surface area (Å²) in [6.45, 7) is 4.20. The molecule has 104 valence electrons. The number of aryl methyl sites for hydroxylation is 2. The number of hydrogen-bond donors (Lipinski definition) is 0. The van der Waals surface area contributed by atoms with Crippen LogP contribution in [0.25, 0.3) is 10.6 Å². The largest absolute Gasteiger partial charge is 0.480 e. The number of aromatic nitrogens is 3. The minimum atomic E-state index is 0.304. The number of nitrogens with zero attached hydrogens (tertiary/aromatic N) is 3. The summed E-state index contributed by atoms with van der Waals surface area (Å²) < 4.78 is 13.3. The first-order valence-corrected chi connectivity index (χ1v) is 7.14. The van der Waals surface area contributed by atoms with Crippen LogP contribution in [-0.2, 0) is 13.7 Å². The van der Waals surface area contributed by atoms with Gasteiger partial charge in [-0.1, -0.05) is 6.07 Å². The molecule has 3 aromatic rings. The van der Waals surface area contributed by atoms with Crippen molar-refractivity contribution >= 4 is 11.3 Å². The summed E-state index contributed by atoms with van der Waals surface area (Å²) in [5.41, 5.74) is 1.86. The molecule has 5 nitrogen and oxygen atoms in total. The highest BCUT2D eigenvalue weighted by molar-refractivity contribution is 7.13. The average Bonchev–Trinajstić information content (AvgIpc) is 3.12. The van der Waals surface area contributed by atoms with Crippen LogP contribution in [0.15, 0.2) is 28.1 Å². The molecule has 0 radical (unpaired) electrons. The molecule has 0 aromatic carbocycles. The molecule has 0 N–H and O–H groups in total. The molecular formula is C14H15N3O2S. The second-order valence-corrected chi connectivity index (χ2v) is 5.46. The molecule has 0 fully saturated rings. The Morgan fingerprint density at radius 3 is 2.90 bits per heavy atom. The van der Waals surface area contributed by atoms with Gasteiger partial charge in [-0.25, -0.2) is 4.98 Å². The van der Waals surface area contributed by atoms with Crippen molar-refractivity contribution < 1.29 is 9.15 Å². The van der Waals surface area contributed by atoms with Gasteiger partial charge in [-0.2, -0.15) is 5.10 Å². The van der Waals surface area contributed by atoms with Gasteiger partial charge in [-0.3, -0.25) is 4.68 Å². The summed E-state index contributed by atoms with van der Waals surface area (Å²) in [6, 6.07) is 3.99. The topological polar surface area (TPSA) is 53.1 Å². The monoisotopic (exact) mass is 289 g/mol. The molecule has 0 saturated carbocycles. The van der Waals surface area contributed by atoms with E-state index >= 15 is 0 Å². The van der Waals surface area contributed by atoms with Crippen LogP contribution in [0.5, 0.6) is 5.75 Å². The molecule has 3 rings (SSSR count). The Morgan fingerprint density at radius 2 is 2.25 bits per heavy atom. The average molecular weight is 289 g/mol. The minimum Gasteiger partial charge on any atom is -0.480 e. The number of hydrogen-bond acceptors (Lipinski definition) is 5. The predicted octanol–water partition coefficient (Wildman–Crippen LogP) is 3.33. The molecule has 0 aliphatic rings. The second-order valence-electron chi connectivity index (χ2n) is 4.51. The third kappa shape index (κ3) is 2.34. The summed E-state index contributed by atoms with van der Waals surface area (Å²) >= 11 is 1.62. The molecule has 3 heterocycles. The Hall–Kier alpha value is -2.08. The minimum absolute atomic E-state index is 0.304. The Kier molecular flexibility index (Phi) is 3.31. The zero-order valence-corrected chi connectivity index (χ0v) is 12.4. The van der Waals surface area contributed by atoms with E-state index in [0.717, 1.165) is 27.8 Å². The Balaban J connectivity index is 1.73. The predicted molar refractivity (Wildman–Crippen MR) is 76.8 cm³/mol. The molecule has 20 heavy (non-hydrogen) atoms. The highest BCUT2D eigenvalue weighted by Gasteiger charge is 2.13. The zero-order chi connectivity index (χ0) is 14.1. The quantitative estimate of drug-likeness (QED) is 0.739. The fourth-order valence-corrected chi connectivity index (χ4v) is 2.68. The lowest BCUT2D eigenvalue weighted by atomic mass is 10.3. The van der Waals surface area contributed by atoms with Gasteiger partial charge < -0.3 is 9.15 Å². The lowest BCUT2D eigenvalue weighted by molar-refractivity contribution is 0.261. The summed E-state index contributed by atoms with van der Waals surface area (Å²) in [5.74, 6) is 2.14. The number of ether oxygens (including phenoxy) is 1. The molecule has 6 heteroatoms. The Bertz CT molecular complexity index is 713. The van der Waals surface area contributed by atoms with Gasteiger partial charge in [-0.15, -0.1) is 11.3 Å². The number of oxazole rings is 1. The summed E-state index contributed by atoms with van der Waals surface area (Å²) in [6.07, 6.45) is 1.73. The molecule has 3 aromatic heterocycles. The van der Waals surface area contributed by atoms with Crippen LogP contribution in [0.1, 0.15) is 17.3 Å². The van der Waals surface area contributed by atoms with Gasteiger partial charge >= 0.3 is 0 Å². The van der Waals surface area contributed by atoms with Crippen LogP contribution in [0.4, 0.5) is 0 Å². The summed E-state index contributed by atoms with van der Waals surface area (Å²) in [5, 5.41) is 6.32. The maximum absolute atomic E-state index is 5.77. The van der Waals surface area contributed by atoms with Crippen LogP contribution < -0.4 is 4.74 Å². The van der Waals surface area contributed by atoms with Gasteiger partial charge in [-0.05, 0) is 25.3 Å². The third-order valence-corrected chi connectivity index (χ3v) is 3.98. The molecule has 0 aliphatic heterocycles. The normalized spacial score (nSPS) is 10.9. The van der Waals surface area contributed by atoms with Gasteiger partial charge in [0.2, 0.25) is 5.89 Å². The SMILES string of the molecule is Cc1nn(C)c(C)c1OCc1ncc(-c2cccs2)o1. The van der Waals surface area contributed by atoms with E-state index in [-0.39, 0.29) is 0 Å². The van der Waals surface area contributed by atoms with Crippen molar-refractivity contribution in [1.82, 2.24) is 14.8 Å². The van der Waals surface area contributed by atoms with E-state index in [1.54, 1.807) is 22.2 Å². The van der Waals surface area contributed by atoms with E-state index in [0.29, 0.717) is 12.5 Å². The van der Waals surface area contributed by atoms with Gasteiger partial charge in [0.1, 0.15) is 5.69 Å². The molecule has 0 unspecified atom stereocenters. The molecule has 0 aliphatic carbocycles. The van der Waals surface area contributed by atoms with Crippen LogP contribution in [0.2, 0.25) is 0 Å². The smallest absolute Gasteiger partial charge is 0.232 e. The van der Waals surface area contributed by atoms with Crippen molar-refractivity contribution in [2.45, 2.75) is 20.5 Å². The maximum atomic E-state index is 5.77. The van der Waals surface area contributed by atoms with E-state index in [9.17, 15) is 0 Å². The van der Waals surface area contributed by atoms with Crippen LogP contribution in [0, 0.1) is 13.8 Å². The second kappa shape index (κ2) is 5.13. The van der Waals surface area contributed by atoms with Gasteiger partial charge in [0.05, 0.1) is 16.8 Å². The van der Waals surface area contributed by atoms with Crippen molar-refractivity contribution in [2.75, 3.05) is 0 Å². The standard InChI is InChI=1S/C14H15N3O2S/c1-9-14(10(2)17(3)16-9)18-8-13-15-7-11(19-13)12-5-4-6-20-12/h4-7H,8H2,1-3H3. The zero-order valence-electron chi connectivity index (χ0n) is 11.6. The lowest BCUT2D eigenvalue weighted by Gasteiger charge is -2.03. The van der Waals surface area contributed by atoms with Gasteiger partial charge in [0.25, 0.3) is 0 Å². The Labute approximate surface area is 120 Å². The van der Waals surface area contributed by atoms with Crippen LogP contribution in [0.3, 0.4) is 0 Å². The van der Waals surface area contributed by atoms with E-state index in [4.69, 9.17) is 9.15 Å². The van der Waals surface area contributed by atoms with Crippen LogP contribution in [-0.4, -0.2) is 14.8 Å². The van der Waals surface area contributed by atoms with Crippen LogP contribution >= 0.6 is 11.3 Å². The van der Waals surface area contributed by atoms with Crippen molar-refractivity contribution in [3.63, 3.8) is 0 Å². The van der Waals surface area contributed by atoms with E-state index in [1.807, 2.05) is 38.4 Å². The van der Waals surface area contributed by atoms with Crippen molar-refractivity contribution in [3.8, 4) is 16.4 Å². The van der Waals surface area contributed by atoms with Gasteiger partial charge in [0.15, 0.2) is 18.1 Å². The van der Waals surface area contributed by atoms with Gasteiger partial charge in [0, 0.05) is 7.05 Å². The first-order valence-electron chi connectivity index (χ1n) is 6.26. The number of thiophene rings is 1. The third-order valence-electron chi connectivity index (χ3n) is 3.10. The molecule has 0 spiro atoms. The molecule has 0 atom stereocenters. The van der Waals surface area contributed by atoms with E-state index in [2.05, 4.69) is 10.1 Å². The lowest BCUT2D eigenvalue weighted by Crippen LogP contribution is -1.98. The fourth-order valence-electron chi connectivity index (χ4n) is 2.01. The first-order chi connectivity index (χ1) is 9.65. The maximum Gasteiger partial charge on any atom is 0.232 e. The number of rotatable bonds is 4. The summed E-state index contributed by atoms with van der Waals surface area (Å²) in [4.78, 5) is 5.31. The molecule has 0 saturated heterocycles. The first kappa shape index (κ1) is 12.9. The fraction of sp³-hybridized carbons (Fsp3) is 0.286. The highest BCUT2D eigenvalue weighted by atomic mass is 32.1. The van der Waals surface area contributed by atoms with E-state index in [1.165, 1.54) is 0 Å². The molecular weight excluding hydrogens is 274 g/mol. The highest BCUT2D eigenvalue weighted by Crippen LogP contribution is 2.26. The summed E-state index contributed by atoms with van der Waals surface area (Å²) in [7, 11) is 1.90. The Morgan fingerprint density at radius 1 is 1.40 bits per heavy atom. The molecule has 0 bridgehead atoms. The van der Waals surface area contributed by atoms with E-state index < -0.39 is 0 Å².